The van der Waals surface area contributed by atoms with E-state index in [-0.39, 0.29) is 17.7 Å². The van der Waals surface area contributed by atoms with E-state index in [0.717, 1.165) is 0 Å². The number of nitro groups is 1. The van der Waals surface area contributed by atoms with Gasteiger partial charge < -0.3 is 15.9 Å². The first kappa shape index (κ1) is 13.3. The summed E-state index contributed by atoms with van der Waals surface area (Å²) in [4.78, 5) is 14.5. The summed E-state index contributed by atoms with van der Waals surface area (Å²) in [5.41, 5.74) is 5.81. The molecule has 0 spiro atoms. The van der Waals surface area contributed by atoms with Crippen molar-refractivity contribution in [2.45, 2.75) is 12.2 Å². The average molecular weight is 263 g/mol. The van der Waals surface area contributed by atoms with Gasteiger partial charge in [0.1, 0.15) is 6.10 Å². The van der Waals surface area contributed by atoms with Crippen LogP contribution in [0.1, 0.15) is 11.7 Å². The highest BCUT2D eigenvalue weighted by molar-refractivity contribution is 5.90. The van der Waals surface area contributed by atoms with Crippen LogP contribution < -0.4 is 5.73 Å². The van der Waals surface area contributed by atoms with Gasteiger partial charge in [0.15, 0.2) is 0 Å². The fourth-order valence-electron chi connectivity index (χ4n) is 1.91. The highest BCUT2D eigenvalue weighted by Gasteiger charge is 2.23. The Balaban J connectivity index is 2.65. The van der Waals surface area contributed by atoms with Gasteiger partial charge in [0, 0.05) is 24.4 Å². The molecule has 2 rings (SSSR count). The smallest absolute Gasteiger partial charge is 0.278 e. The van der Waals surface area contributed by atoms with Crippen LogP contribution in [0.15, 0.2) is 30.5 Å². The third kappa shape index (κ3) is 2.39. The molecule has 100 valence electrons. The lowest BCUT2D eigenvalue weighted by atomic mass is 10.00. The number of aliphatic hydroxyl groups excluding tert-OH is 2. The molecule has 2 unspecified atom stereocenters. The van der Waals surface area contributed by atoms with Gasteiger partial charge in [0.25, 0.3) is 5.69 Å². The number of nitrogens with two attached hydrogens (primary N) is 1. The van der Waals surface area contributed by atoms with Crippen molar-refractivity contribution in [1.29, 1.82) is 0 Å². The Kier molecular flexibility index (Phi) is 3.70. The molecule has 2 aromatic rings. The number of hydrogen-bond donors (Lipinski definition) is 3. The zero-order valence-electron chi connectivity index (χ0n) is 9.93. The van der Waals surface area contributed by atoms with Gasteiger partial charge in [0.2, 0.25) is 0 Å². The number of nitrogens with zero attached hydrogens (tertiary/aromatic N) is 2. The van der Waals surface area contributed by atoms with Crippen molar-refractivity contribution in [1.82, 2.24) is 4.98 Å². The topological polar surface area (TPSA) is 123 Å². The molecule has 0 fully saturated rings. The van der Waals surface area contributed by atoms with Crippen molar-refractivity contribution in [2.24, 2.45) is 5.73 Å². The third-order valence-electron chi connectivity index (χ3n) is 2.90. The van der Waals surface area contributed by atoms with Gasteiger partial charge in [0.05, 0.1) is 21.9 Å². The van der Waals surface area contributed by atoms with Crippen LogP contribution in [-0.4, -0.2) is 32.8 Å². The summed E-state index contributed by atoms with van der Waals surface area (Å²) in [6.45, 7) is -0.119. The molecular formula is C12H13N3O4. The van der Waals surface area contributed by atoms with Crippen LogP contribution in [-0.2, 0) is 0 Å². The zero-order chi connectivity index (χ0) is 14.0. The predicted molar refractivity (Wildman–Crippen MR) is 68.4 cm³/mol. The van der Waals surface area contributed by atoms with Crippen molar-refractivity contribution in [2.75, 3.05) is 6.54 Å². The van der Waals surface area contributed by atoms with Crippen molar-refractivity contribution in [3.63, 3.8) is 0 Å². The molecule has 0 bridgehead atoms. The summed E-state index contributed by atoms with van der Waals surface area (Å²) in [6, 6.07) is 5.79. The van der Waals surface area contributed by atoms with E-state index in [1.165, 1.54) is 18.3 Å². The first-order valence-electron chi connectivity index (χ1n) is 5.64. The maximum Gasteiger partial charge on any atom is 0.278 e. The first-order valence-corrected chi connectivity index (χ1v) is 5.64. The Labute approximate surface area is 108 Å². The van der Waals surface area contributed by atoms with Gasteiger partial charge in [-0.15, -0.1) is 0 Å². The Morgan fingerprint density at radius 2 is 2.11 bits per heavy atom. The van der Waals surface area contributed by atoms with E-state index >= 15 is 0 Å². The van der Waals surface area contributed by atoms with Crippen LogP contribution >= 0.6 is 0 Å². The van der Waals surface area contributed by atoms with Crippen LogP contribution in [0.2, 0.25) is 0 Å². The average Bonchev–Trinajstić information content (AvgIpc) is 2.44. The molecule has 7 nitrogen and oxygen atoms in total. The molecule has 1 aromatic heterocycles. The maximum absolute atomic E-state index is 10.9. The second-order valence-corrected chi connectivity index (χ2v) is 4.08. The number of non-ortho nitro benzene ring substituents is 1. The number of benzene rings is 1. The molecule has 0 aliphatic heterocycles. The Morgan fingerprint density at radius 1 is 1.37 bits per heavy atom. The van der Waals surface area contributed by atoms with E-state index in [4.69, 9.17) is 5.73 Å². The first-order chi connectivity index (χ1) is 9.06. The Bertz CT molecular complexity index is 617. The molecule has 0 saturated carbocycles. The van der Waals surface area contributed by atoms with Crippen LogP contribution in [0.4, 0.5) is 5.69 Å². The minimum absolute atomic E-state index is 0.0960. The van der Waals surface area contributed by atoms with Gasteiger partial charge in [-0.3, -0.25) is 15.1 Å². The molecule has 0 saturated heterocycles. The number of rotatable bonds is 4. The quantitative estimate of drug-likeness (QED) is 0.545. The lowest BCUT2D eigenvalue weighted by molar-refractivity contribution is -0.383. The molecule has 4 N–H and O–H groups in total. The molecular weight excluding hydrogens is 250 g/mol. The number of aliphatic hydroxyl groups is 2. The molecule has 0 aliphatic carbocycles. The largest absolute Gasteiger partial charge is 0.389 e. The van der Waals surface area contributed by atoms with E-state index < -0.39 is 17.1 Å². The van der Waals surface area contributed by atoms with Crippen LogP contribution in [0.25, 0.3) is 10.9 Å². The van der Waals surface area contributed by atoms with Crippen LogP contribution in [0.3, 0.4) is 0 Å². The lowest BCUT2D eigenvalue weighted by Crippen LogP contribution is -2.27. The molecule has 19 heavy (non-hydrogen) atoms. The molecule has 1 heterocycles. The molecule has 0 amide bonds. The molecule has 0 aliphatic rings. The van der Waals surface area contributed by atoms with Crippen molar-refractivity contribution in [3.05, 3.63) is 46.1 Å². The van der Waals surface area contributed by atoms with Gasteiger partial charge in [-0.05, 0) is 18.2 Å². The number of pyridine rings is 1. The highest BCUT2D eigenvalue weighted by Crippen LogP contribution is 2.30. The summed E-state index contributed by atoms with van der Waals surface area (Å²) in [7, 11) is 0. The van der Waals surface area contributed by atoms with Gasteiger partial charge in [-0.25, -0.2) is 0 Å². The Hall–Kier alpha value is -2.09. The summed E-state index contributed by atoms with van der Waals surface area (Å²) >= 11 is 0. The lowest BCUT2D eigenvalue weighted by Gasteiger charge is -2.17. The summed E-state index contributed by atoms with van der Waals surface area (Å²) in [5.74, 6) is 0. The van der Waals surface area contributed by atoms with Crippen molar-refractivity contribution in [3.8, 4) is 0 Å². The van der Waals surface area contributed by atoms with E-state index in [2.05, 4.69) is 4.98 Å². The predicted octanol–water partition coefficient (Wildman–Crippen LogP) is 0.496. The Morgan fingerprint density at radius 3 is 2.74 bits per heavy atom. The van der Waals surface area contributed by atoms with Crippen LogP contribution in [0.5, 0.6) is 0 Å². The van der Waals surface area contributed by atoms with Gasteiger partial charge in [-0.1, -0.05) is 0 Å². The molecule has 7 heteroatoms. The summed E-state index contributed by atoms with van der Waals surface area (Å²) in [5, 5.41) is 30.8. The number of fused-ring (bicyclic) bond motifs is 1. The highest BCUT2D eigenvalue weighted by atomic mass is 16.6. The zero-order valence-corrected chi connectivity index (χ0v) is 9.93. The molecule has 0 radical (unpaired) electrons. The number of hydrogen-bond acceptors (Lipinski definition) is 6. The molecule has 1 aromatic carbocycles. The third-order valence-corrected chi connectivity index (χ3v) is 2.90. The minimum atomic E-state index is -1.23. The van der Waals surface area contributed by atoms with Gasteiger partial charge in [-0.2, -0.15) is 0 Å². The maximum atomic E-state index is 10.9. The van der Waals surface area contributed by atoms with Crippen molar-refractivity contribution < 1.29 is 15.1 Å². The fraction of sp³-hybridized carbons (Fsp3) is 0.250. The number of aromatic nitrogens is 1. The number of nitro benzene ring substituents is 1. The standard InChI is InChI=1S/C12H13N3O4/c13-6-10(16)12(17)8-3-4-9(15(18)19)7-2-1-5-14-11(7)8/h1-5,10,12,16-17H,6,13H2. The fourth-order valence-corrected chi connectivity index (χ4v) is 1.91. The SMILES string of the molecule is NCC(O)C(O)c1ccc([N+](=O)[O-])c2cccnc12. The minimum Gasteiger partial charge on any atom is -0.389 e. The molecule has 2 atom stereocenters. The monoisotopic (exact) mass is 263 g/mol. The summed E-state index contributed by atoms with van der Waals surface area (Å²) < 4.78 is 0. The van der Waals surface area contributed by atoms with E-state index in [1.807, 2.05) is 0 Å². The van der Waals surface area contributed by atoms with Crippen molar-refractivity contribution >= 4 is 16.6 Å². The summed E-state index contributed by atoms with van der Waals surface area (Å²) in [6.07, 6.45) is -0.910. The van der Waals surface area contributed by atoms with E-state index in [9.17, 15) is 20.3 Å². The van der Waals surface area contributed by atoms with E-state index in [0.29, 0.717) is 10.9 Å². The van der Waals surface area contributed by atoms with Crippen LogP contribution in [0, 0.1) is 10.1 Å². The second-order valence-electron chi connectivity index (χ2n) is 4.08. The van der Waals surface area contributed by atoms with Gasteiger partial charge >= 0.3 is 0 Å². The van der Waals surface area contributed by atoms with E-state index in [1.54, 1.807) is 12.1 Å². The normalized spacial score (nSPS) is 14.3. The second kappa shape index (κ2) is 5.27.